The van der Waals surface area contributed by atoms with Gasteiger partial charge in [0, 0.05) is 18.0 Å². The number of amides is 1. The molecule has 0 atom stereocenters. The number of nitrogens with two attached hydrogens (primary N) is 1. The first-order valence-corrected chi connectivity index (χ1v) is 4.99. The quantitative estimate of drug-likeness (QED) is 0.805. The summed E-state index contributed by atoms with van der Waals surface area (Å²) in [6, 6.07) is 3.65. The summed E-state index contributed by atoms with van der Waals surface area (Å²) in [5.74, 6) is -0.457. The summed E-state index contributed by atoms with van der Waals surface area (Å²) in [4.78, 5) is 11.0. The Kier molecular flexibility index (Phi) is 2.09. The van der Waals surface area contributed by atoms with Gasteiger partial charge in [0.05, 0.1) is 5.69 Å². The Morgan fingerprint density at radius 2 is 2.43 bits per heavy atom. The molecule has 0 aliphatic rings. The summed E-state index contributed by atoms with van der Waals surface area (Å²) in [5.41, 5.74) is 7.40. The van der Waals surface area contributed by atoms with Crippen LogP contribution in [0.2, 0.25) is 0 Å². The molecule has 0 aromatic carbocycles. The minimum Gasteiger partial charge on any atom is -0.364 e. The molecule has 5 heteroatoms. The molecule has 2 rings (SSSR count). The smallest absolute Gasteiger partial charge is 0.266 e. The van der Waals surface area contributed by atoms with E-state index in [2.05, 4.69) is 5.10 Å². The van der Waals surface area contributed by atoms with Crippen molar-refractivity contribution in [3.8, 4) is 11.3 Å². The third-order valence-corrected chi connectivity index (χ3v) is 2.63. The van der Waals surface area contributed by atoms with Crippen LogP contribution >= 0.6 is 11.3 Å². The largest absolute Gasteiger partial charge is 0.364 e. The Balaban J connectivity index is 2.48. The molecule has 0 spiro atoms. The van der Waals surface area contributed by atoms with Gasteiger partial charge >= 0.3 is 0 Å². The van der Waals surface area contributed by atoms with E-state index in [1.807, 2.05) is 16.8 Å². The van der Waals surface area contributed by atoms with Gasteiger partial charge in [0.15, 0.2) is 0 Å². The lowest BCUT2D eigenvalue weighted by Crippen LogP contribution is -2.15. The van der Waals surface area contributed by atoms with Crippen LogP contribution in [0.3, 0.4) is 0 Å². The van der Waals surface area contributed by atoms with Gasteiger partial charge in [-0.3, -0.25) is 9.48 Å². The van der Waals surface area contributed by atoms with Gasteiger partial charge in [-0.15, -0.1) is 0 Å². The Hall–Kier alpha value is -1.62. The van der Waals surface area contributed by atoms with E-state index >= 15 is 0 Å². The predicted molar refractivity (Wildman–Crippen MR) is 55.0 cm³/mol. The number of hydrogen-bond donors (Lipinski definition) is 1. The lowest BCUT2D eigenvalue weighted by atomic mass is 10.2. The number of hydrogen-bond acceptors (Lipinski definition) is 3. The second-order valence-corrected chi connectivity index (χ2v) is 3.69. The van der Waals surface area contributed by atoms with E-state index in [0.29, 0.717) is 5.69 Å². The van der Waals surface area contributed by atoms with Gasteiger partial charge in [-0.05, 0) is 17.5 Å². The van der Waals surface area contributed by atoms with Gasteiger partial charge in [-0.1, -0.05) is 0 Å². The topological polar surface area (TPSA) is 60.9 Å². The Bertz CT molecular complexity index is 458. The second kappa shape index (κ2) is 3.26. The number of nitrogens with zero attached hydrogens (tertiary/aromatic N) is 2. The predicted octanol–water partition coefficient (Wildman–Crippen LogP) is 1.25. The van der Waals surface area contributed by atoms with Crippen LogP contribution in [0.15, 0.2) is 22.9 Å². The molecule has 0 unspecified atom stereocenters. The van der Waals surface area contributed by atoms with Gasteiger partial charge in [0.1, 0.15) is 5.69 Å². The van der Waals surface area contributed by atoms with Gasteiger partial charge in [0.2, 0.25) is 0 Å². The standard InChI is InChI=1S/C9H9N3OS/c1-12-8(9(10)13)4-7(11-12)6-2-3-14-5-6/h2-5H,1H3,(H2,10,13). The molecule has 0 radical (unpaired) electrons. The molecule has 2 heterocycles. The number of aromatic nitrogens is 2. The van der Waals surface area contributed by atoms with Gasteiger partial charge in [-0.2, -0.15) is 16.4 Å². The summed E-state index contributed by atoms with van der Waals surface area (Å²) in [5, 5.41) is 8.14. The van der Waals surface area contributed by atoms with Crippen molar-refractivity contribution in [3.63, 3.8) is 0 Å². The maximum absolute atomic E-state index is 11.0. The van der Waals surface area contributed by atoms with Crippen molar-refractivity contribution in [2.45, 2.75) is 0 Å². The van der Waals surface area contributed by atoms with Crippen LogP contribution in [0, 0.1) is 0 Å². The van der Waals surface area contributed by atoms with E-state index < -0.39 is 5.91 Å². The van der Waals surface area contributed by atoms with Crippen molar-refractivity contribution >= 4 is 17.2 Å². The minimum absolute atomic E-state index is 0.422. The highest BCUT2D eigenvalue weighted by molar-refractivity contribution is 7.08. The first kappa shape index (κ1) is 8.96. The molecule has 2 aromatic heterocycles. The Morgan fingerprint density at radius 3 is 2.93 bits per heavy atom. The fourth-order valence-electron chi connectivity index (χ4n) is 1.25. The number of primary amides is 1. The molecule has 0 saturated heterocycles. The summed E-state index contributed by atoms with van der Waals surface area (Å²) >= 11 is 1.59. The number of carbonyl (C=O) groups excluding carboxylic acids is 1. The first-order chi connectivity index (χ1) is 6.68. The first-order valence-electron chi connectivity index (χ1n) is 4.05. The molecule has 4 nitrogen and oxygen atoms in total. The Labute approximate surface area is 85.0 Å². The molecule has 2 aromatic rings. The van der Waals surface area contributed by atoms with Crippen LogP contribution < -0.4 is 5.73 Å². The van der Waals surface area contributed by atoms with Crippen molar-refractivity contribution in [2.75, 3.05) is 0 Å². The van der Waals surface area contributed by atoms with Crippen LogP contribution in [0.4, 0.5) is 0 Å². The molecule has 2 N–H and O–H groups in total. The Morgan fingerprint density at radius 1 is 1.64 bits per heavy atom. The SMILES string of the molecule is Cn1nc(-c2ccsc2)cc1C(N)=O. The maximum Gasteiger partial charge on any atom is 0.266 e. The van der Waals surface area contributed by atoms with Crippen molar-refractivity contribution in [2.24, 2.45) is 12.8 Å². The summed E-state index contributed by atoms with van der Waals surface area (Å²) < 4.78 is 1.50. The van der Waals surface area contributed by atoms with Crippen LogP contribution in [0.1, 0.15) is 10.5 Å². The molecular formula is C9H9N3OS. The fraction of sp³-hybridized carbons (Fsp3) is 0.111. The lowest BCUT2D eigenvalue weighted by Gasteiger charge is -1.92. The van der Waals surface area contributed by atoms with Crippen LogP contribution in [0.5, 0.6) is 0 Å². The van der Waals surface area contributed by atoms with Crippen molar-refractivity contribution < 1.29 is 4.79 Å². The third-order valence-electron chi connectivity index (χ3n) is 1.95. The number of rotatable bonds is 2. The number of aryl methyl sites for hydroxylation is 1. The molecular weight excluding hydrogens is 198 g/mol. The zero-order valence-corrected chi connectivity index (χ0v) is 8.41. The minimum atomic E-state index is -0.457. The molecule has 1 amide bonds. The average Bonchev–Trinajstić information content (AvgIpc) is 2.70. The van der Waals surface area contributed by atoms with E-state index in [1.165, 1.54) is 4.68 Å². The van der Waals surface area contributed by atoms with E-state index in [0.717, 1.165) is 11.3 Å². The van der Waals surface area contributed by atoms with E-state index in [9.17, 15) is 4.79 Å². The summed E-state index contributed by atoms with van der Waals surface area (Å²) in [7, 11) is 1.70. The van der Waals surface area contributed by atoms with Gasteiger partial charge < -0.3 is 5.73 Å². The molecule has 14 heavy (non-hydrogen) atoms. The zero-order chi connectivity index (χ0) is 10.1. The van der Waals surface area contributed by atoms with Gasteiger partial charge in [-0.25, -0.2) is 0 Å². The molecule has 0 saturated carbocycles. The van der Waals surface area contributed by atoms with Crippen LogP contribution in [-0.2, 0) is 7.05 Å². The monoisotopic (exact) mass is 207 g/mol. The van der Waals surface area contributed by atoms with Crippen molar-refractivity contribution in [3.05, 3.63) is 28.6 Å². The van der Waals surface area contributed by atoms with Crippen LogP contribution in [-0.4, -0.2) is 15.7 Å². The van der Waals surface area contributed by atoms with Gasteiger partial charge in [0.25, 0.3) is 5.91 Å². The highest BCUT2D eigenvalue weighted by Crippen LogP contribution is 2.21. The fourth-order valence-corrected chi connectivity index (χ4v) is 1.90. The van der Waals surface area contributed by atoms with Crippen molar-refractivity contribution in [1.29, 1.82) is 0 Å². The van der Waals surface area contributed by atoms with E-state index in [-0.39, 0.29) is 0 Å². The molecule has 0 aliphatic carbocycles. The number of thiophene rings is 1. The number of carbonyl (C=O) groups is 1. The van der Waals surface area contributed by atoms with Crippen molar-refractivity contribution in [1.82, 2.24) is 9.78 Å². The highest BCUT2D eigenvalue weighted by atomic mass is 32.1. The second-order valence-electron chi connectivity index (χ2n) is 2.91. The van der Waals surface area contributed by atoms with E-state index in [1.54, 1.807) is 24.5 Å². The van der Waals surface area contributed by atoms with Crippen LogP contribution in [0.25, 0.3) is 11.3 Å². The maximum atomic E-state index is 11.0. The zero-order valence-electron chi connectivity index (χ0n) is 7.60. The molecule has 72 valence electrons. The molecule has 0 fully saturated rings. The van der Waals surface area contributed by atoms with E-state index in [4.69, 9.17) is 5.73 Å². The lowest BCUT2D eigenvalue weighted by molar-refractivity contribution is 0.0991. The highest BCUT2D eigenvalue weighted by Gasteiger charge is 2.10. The molecule has 0 bridgehead atoms. The summed E-state index contributed by atoms with van der Waals surface area (Å²) in [6.45, 7) is 0. The third kappa shape index (κ3) is 1.42. The summed E-state index contributed by atoms with van der Waals surface area (Å²) in [6.07, 6.45) is 0. The average molecular weight is 207 g/mol. The normalized spacial score (nSPS) is 10.4. The molecule has 0 aliphatic heterocycles.